The highest BCUT2D eigenvalue weighted by molar-refractivity contribution is 5.69. The normalized spacial score (nSPS) is 15.3. The molecule has 3 rings (SSSR count). The molecule has 0 bridgehead atoms. The molecule has 0 aliphatic carbocycles. The number of ether oxygens (including phenoxy) is 1. The number of hydrogen-bond acceptors (Lipinski definition) is 3. The topological polar surface area (TPSA) is 45.3 Å². The van der Waals surface area contributed by atoms with Crippen molar-refractivity contribution in [3.63, 3.8) is 0 Å². The second kappa shape index (κ2) is 5.51. The molecule has 1 aromatic heterocycles. The van der Waals surface area contributed by atoms with E-state index < -0.39 is 0 Å². The molecule has 104 valence electrons. The van der Waals surface area contributed by atoms with Crippen molar-refractivity contribution in [1.82, 2.24) is 4.98 Å². The number of benzene rings is 1. The molecule has 0 radical (unpaired) electrons. The van der Waals surface area contributed by atoms with Gasteiger partial charge in [-0.3, -0.25) is 4.79 Å². The standard InChI is InChI=1S/C16H18N2O2/c1-12-4-2-3-5-14(12)13-10-15(17-16(19)11-13)18-6-8-20-9-7-18/h2-5,10-11H,6-9H2,1H3,(H,17,19). The molecule has 1 aliphatic rings. The van der Waals surface area contributed by atoms with Crippen molar-refractivity contribution >= 4 is 5.82 Å². The van der Waals surface area contributed by atoms with Crippen molar-refractivity contribution < 1.29 is 4.74 Å². The molecule has 2 aromatic rings. The Morgan fingerprint density at radius 2 is 1.90 bits per heavy atom. The number of nitrogens with zero attached hydrogens (tertiary/aromatic N) is 1. The van der Waals surface area contributed by atoms with E-state index in [0.29, 0.717) is 13.2 Å². The maximum atomic E-state index is 11.9. The van der Waals surface area contributed by atoms with Crippen molar-refractivity contribution in [2.45, 2.75) is 6.92 Å². The van der Waals surface area contributed by atoms with Crippen LogP contribution in [0.3, 0.4) is 0 Å². The summed E-state index contributed by atoms with van der Waals surface area (Å²) in [4.78, 5) is 17.0. The van der Waals surface area contributed by atoms with E-state index in [4.69, 9.17) is 4.74 Å². The molecule has 0 saturated carbocycles. The summed E-state index contributed by atoms with van der Waals surface area (Å²) in [5.74, 6) is 0.874. The summed E-state index contributed by atoms with van der Waals surface area (Å²) in [5.41, 5.74) is 3.18. The summed E-state index contributed by atoms with van der Waals surface area (Å²) in [7, 11) is 0. The zero-order valence-corrected chi connectivity index (χ0v) is 11.6. The van der Waals surface area contributed by atoms with E-state index in [-0.39, 0.29) is 5.56 Å². The molecular formula is C16H18N2O2. The van der Waals surface area contributed by atoms with Crippen LogP contribution in [0, 0.1) is 6.92 Å². The van der Waals surface area contributed by atoms with Gasteiger partial charge in [0.25, 0.3) is 0 Å². The van der Waals surface area contributed by atoms with Crippen LogP contribution in [0.5, 0.6) is 0 Å². The number of nitrogens with one attached hydrogen (secondary N) is 1. The second-order valence-corrected chi connectivity index (χ2v) is 5.03. The maximum absolute atomic E-state index is 11.9. The number of aryl methyl sites for hydroxylation is 1. The lowest BCUT2D eigenvalue weighted by atomic mass is 10.0. The summed E-state index contributed by atoms with van der Waals surface area (Å²) in [6.07, 6.45) is 0. The third kappa shape index (κ3) is 2.60. The molecule has 1 N–H and O–H groups in total. The lowest BCUT2D eigenvalue weighted by Gasteiger charge is -2.28. The van der Waals surface area contributed by atoms with Gasteiger partial charge in [-0.1, -0.05) is 24.3 Å². The highest BCUT2D eigenvalue weighted by Crippen LogP contribution is 2.24. The highest BCUT2D eigenvalue weighted by Gasteiger charge is 2.13. The largest absolute Gasteiger partial charge is 0.378 e. The first-order chi connectivity index (χ1) is 9.74. The van der Waals surface area contributed by atoms with Crippen LogP contribution >= 0.6 is 0 Å². The fourth-order valence-electron chi connectivity index (χ4n) is 2.56. The van der Waals surface area contributed by atoms with E-state index in [1.54, 1.807) is 6.07 Å². The van der Waals surface area contributed by atoms with Crippen LogP contribution in [-0.2, 0) is 4.74 Å². The third-order valence-electron chi connectivity index (χ3n) is 3.64. The van der Waals surface area contributed by atoms with Crippen molar-refractivity contribution in [1.29, 1.82) is 0 Å². The van der Waals surface area contributed by atoms with E-state index in [1.807, 2.05) is 18.2 Å². The molecule has 2 heterocycles. The fraction of sp³-hybridized carbons (Fsp3) is 0.312. The summed E-state index contributed by atoms with van der Waals surface area (Å²) >= 11 is 0. The minimum Gasteiger partial charge on any atom is -0.378 e. The Morgan fingerprint density at radius 1 is 1.15 bits per heavy atom. The Hall–Kier alpha value is -2.07. The van der Waals surface area contributed by atoms with Gasteiger partial charge in [0.15, 0.2) is 0 Å². The first-order valence-electron chi connectivity index (χ1n) is 6.87. The average molecular weight is 270 g/mol. The molecule has 0 amide bonds. The van der Waals surface area contributed by atoms with Gasteiger partial charge in [0, 0.05) is 19.2 Å². The van der Waals surface area contributed by atoms with Crippen LogP contribution in [0.1, 0.15) is 5.56 Å². The first kappa shape index (κ1) is 12.9. The maximum Gasteiger partial charge on any atom is 0.250 e. The van der Waals surface area contributed by atoms with Crippen LogP contribution in [0.25, 0.3) is 11.1 Å². The molecular weight excluding hydrogens is 252 g/mol. The summed E-state index contributed by atoms with van der Waals surface area (Å²) in [6.45, 7) is 5.10. The number of morpholine rings is 1. The number of hydrogen-bond donors (Lipinski definition) is 1. The summed E-state index contributed by atoms with van der Waals surface area (Å²) in [5, 5.41) is 0. The average Bonchev–Trinajstić information content (AvgIpc) is 2.48. The number of aromatic nitrogens is 1. The van der Waals surface area contributed by atoms with Gasteiger partial charge in [0.2, 0.25) is 5.56 Å². The van der Waals surface area contributed by atoms with Gasteiger partial charge >= 0.3 is 0 Å². The van der Waals surface area contributed by atoms with E-state index >= 15 is 0 Å². The Morgan fingerprint density at radius 3 is 2.65 bits per heavy atom. The molecule has 1 saturated heterocycles. The Kier molecular flexibility index (Phi) is 3.56. The molecule has 20 heavy (non-hydrogen) atoms. The van der Waals surface area contributed by atoms with Gasteiger partial charge in [-0.05, 0) is 29.7 Å². The van der Waals surface area contributed by atoms with Crippen LogP contribution < -0.4 is 10.5 Å². The van der Waals surface area contributed by atoms with Gasteiger partial charge < -0.3 is 14.6 Å². The third-order valence-corrected chi connectivity index (χ3v) is 3.64. The van der Waals surface area contributed by atoms with Gasteiger partial charge in [-0.25, -0.2) is 0 Å². The van der Waals surface area contributed by atoms with E-state index in [0.717, 1.165) is 30.0 Å². The smallest absolute Gasteiger partial charge is 0.250 e. The van der Waals surface area contributed by atoms with Crippen LogP contribution in [-0.4, -0.2) is 31.3 Å². The van der Waals surface area contributed by atoms with Gasteiger partial charge in [-0.15, -0.1) is 0 Å². The Labute approximate surface area is 118 Å². The molecule has 0 spiro atoms. The van der Waals surface area contributed by atoms with Crippen LogP contribution in [0.15, 0.2) is 41.2 Å². The first-order valence-corrected chi connectivity index (χ1v) is 6.87. The Balaban J connectivity index is 2.02. The van der Waals surface area contributed by atoms with Crippen molar-refractivity contribution in [2.24, 2.45) is 0 Å². The number of anilines is 1. The minimum atomic E-state index is -0.0627. The van der Waals surface area contributed by atoms with Gasteiger partial charge in [0.05, 0.1) is 13.2 Å². The molecule has 1 aromatic carbocycles. The molecule has 0 atom stereocenters. The highest BCUT2D eigenvalue weighted by atomic mass is 16.5. The zero-order valence-electron chi connectivity index (χ0n) is 11.6. The van der Waals surface area contributed by atoms with Crippen molar-refractivity contribution in [3.8, 4) is 11.1 Å². The number of H-pyrrole nitrogens is 1. The van der Waals surface area contributed by atoms with Gasteiger partial charge in [-0.2, -0.15) is 0 Å². The summed E-state index contributed by atoms with van der Waals surface area (Å²) < 4.78 is 5.35. The molecule has 0 unspecified atom stereocenters. The second-order valence-electron chi connectivity index (χ2n) is 5.03. The fourth-order valence-corrected chi connectivity index (χ4v) is 2.56. The van der Waals surface area contributed by atoms with Crippen LogP contribution in [0.4, 0.5) is 5.82 Å². The lowest BCUT2D eigenvalue weighted by molar-refractivity contribution is 0.122. The van der Waals surface area contributed by atoms with Crippen molar-refractivity contribution in [3.05, 3.63) is 52.3 Å². The number of aromatic amines is 1. The van der Waals surface area contributed by atoms with Crippen LogP contribution in [0.2, 0.25) is 0 Å². The monoisotopic (exact) mass is 270 g/mol. The van der Waals surface area contributed by atoms with E-state index in [1.165, 1.54) is 5.56 Å². The lowest BCUT2D eigenvalue weighted by Crippen LogP contribution is -2.37. The molecule has 1 aliphatic heterocycles. The number of rotatable bonds is 2. The Bertz CT molecular complexity index is 658. The predicted molar refractivity (Wildman–Crippen MR) is 80.3 cm³/mol. The minimum absolute atomic E-state index is 0.0627. The van der Waals surface area contributed by atoms with E-state index in [9.17, 15) is 4.79 Å². The van der Waals surface area contributed by atoms with Gasteiger partial charge in [0.1, 0.15) is 5.82 Å². The number of pyridine rings is 1. The molecule has 4 heteroatoms. The van der Waals surface area contributed by atoms with Crippen molar-refractivity contribution in [2.75, 3.05) is 31.2 Å². The molecule has 4 nitrogen and oxygen atoms in total. The zero-order chi connectivity index (χ0) is 13.9. The summed E-state index contributed by atoms with van der Waals surface area (Å²) in [6, 6.07) is 11.8. The van der Waals surface area contributed by atoms with E-state index in [2.05, 4.69) is 28.9 Å². The predicted octanol–water partition coefficient (Wildman–Crippen LogP) is 2.19. The SMILES string of the molecule is Cc1ccccc1-c1cc(N2CCOCC2)[nH]c(=O)c1. The molecule has 1 fully saturated rings. The quantitative estimate of drug-likeness (QED) is 0.910.